The van der Waals surface area contributed by atoms with Gasteiger partial charge in [0.05, 0.1) is 4.90 Å². The highest BCUT2D eigenvalue weighted by Gasteiger charge is 2.30. The Hall–Kier alpha value is -3.20. The van der Waals surface area contributed by atoms with Crippen LogP contribution >= 0.6 is 11.6 Å². The van der Waals surface area contributed by atoms with Gasteiger partial charge in [-0.3, -0.25) is 9.59 Å². The Morgan fingerprint density at radius 2 is 1.52 bits per heavy atom. The van der Waals surface area contributed by atoms with Gasteiger partial charge in [0.15, 0.2) is 0 Å². The Morgan fingerprint density at radius 1 is 0.900 bits per heavy atom. The van der Waals surface area contributed by atoms with E-state index in [1.807, 2.05) is 49.4 Å². The summed E-state index contributed by atoms with van der Waals surface area (Å²) >= 11 is 6.08. The van der Waals surface area contributed by atoms with E-state index in [9.17, 15) is 18.0 Å². The van der Waals surface area contributed by atoms with E-state index in [0.717, 1.165) is 29.5 Å². The lowest BCUT2D eigenvalue weighted by Gasteiger charge is -2.31. The van der Waals surface area contributed by atoms with Crippen molar-refractivity contribution in [3.05, 3.63) is 101 Å². The van der Waals surface area contributed by atoms with Crippen LogP contribution in [0.3, 0.4) is 0 Å². The molecule has 1 heterocycles. The normalized spacial score (nSPS) is 14.6. The highest BCUT2D eigenvalue weighted by atomic mass is 35.5. The molecular formula is C31H36ClN3O4S. The molecule has 9 heteroatoms. The molecule has 0 aromatic heterocycles. The quantitative estimate of drug-likeness (QED) is 0.332. The molecule has 0 bridgehead atoms. The largest absolute Gasteiger partial charge is 0.355 e. The number of carbonyl (C=O) groups excluding carboxylic acids is 2. The number of nitrogens with zero attached hydrogens (tertiary/aromatic N) is 2. The zero-order valence-electron chi connectivity index (χ0n) is 22.8. The van der Waals surface area contributed by atoms with E-state index in [-0.39, 0.29) is 29.7 Å². The predicted molar refractivity (Wildman–Crippen MR) is 157 cm³/mol. The van der Waals surface area contributed by atoms with Gasteiger partial charge >= 0.3 is 0 Å². The van der Waals surface area contributed by atoms with Gasteiger partial charge in [-0.15, -0.1) is 0 Å². The van der Waals surface area contributed by atoms with Crippen LogP contribution in [0.4, 0.5) is 0 Å². The second-order valence-corrected chi connectivity index (χ2v) is 12.4. The molecule has 40 heavy (non-hydrogen) atoms. The SMILES string of the molecule is CCNC(=O)C(Cc1ccccc1)N(Cc1ccc(Cl)cc1)C(=O)CCc1ccc(S(=O)(=O)N2CCCC2)cc1. The van der Waals surface area contributed by atoms with Crippen molar-refractivity contribution in [2.75, 3.05) is 19.6 Å². The summed E-state index contributed by atoms with van der Waals surface area (Å²) in [6, 6.07) is 23.0. The zero-order valence-corrected chi connectivity index (χ0v) is 24.3. The number of amides is 2. The molecule has 1 aliphatic heterocycles. The van der Waals surface area contributed by atoms with E-state index >= 15 is 0 Å². The van der Waals surface area contributed by atoms with Crippen molar-refractivity contribution in [3.63, 3.8) is 0 Å². The van der Waals surface area contributed by atoms with Crippen molar-refractivity contribution in [2.24, 2.45) is 0 Å². The fraction of sp³-hybridized carbons (Fsp3) is 0.355. The third-order valence-corrected chi connectivity index (χ3v) is 9.31. The maximum absolute atomic E-state index is 13.7. The lowest BCUT2D eigenvalue weighted by atomic mass is 10.0. The molecule has 1 saturated heterocycles. The number of rotatable bonds is 12. The van der Waals surface area contributed by atoms with Gasteiger partial charge in [0.25, 0.3) is 0 Å². The highest BCUT2D eigenvalue weighted by Crippen LogP contribution is 2.22. The summed E-state index contributed by atoms with van der Waals surface area (Å²) in [5.74, 6) is -0.360. The van der Waals surface area contributed by atoms with E-state index in [1.165, 1.54) is 4.31 Å². The van der Waals surface area contributed by atoms with Gasteiger partial charge in [-0.25, -0.2) is 8.42 Å². The molecular weight excluding hydrogens is 546 g/mol. The smallest absolute Gasteiger partial charge is 0.243 e. The van der Waals surface area contributed by atoms with Crippen LogP contribution in [0.5, 0.6) is 0 Å². The number of halogens is 1. The lowest BCUT2D eigenvalue weighted by Crippen LogP contribution is -2.50. The maximum Gasteiger partial charge on any atom is 0.243 e. The number of benzene rings is 3. The summed E-state index contributed by atoms with van der Waals surface area (Å²) in [6.45, 7) is 3.68. The van der Waals surface area contributed by atoms with Gasteiger partial charge in [0.1, 0.15) is 6.04 Å². The molecule has 0 spiro atoms. The van der Waals surface area contributed by atoms with Crippen LogP contribution in [0.1, 0.15) is 42.9 Å². The number of carbonyl (C=O) groups is 2. The van der Waals surface area contributed by atoms with Crippen LogP contribution in [0.25, 0.3) is 0 Å². The van der Waals surface area contributed by atoms with E-state index in [4.69, 9.17) is 11.6 Å². The lowest BCUT2D eigenvalue weighted by molar-refractivity contribution is -0.141. The Morgan fingerprint density at radius 3 is 2.15 bits per heavy atom. The van der Waals surface area contributed by atoms with Crippen LogP contribution in [-0.2, 0) is 39.0 Å². The third kappa shape index (κ3) is 7.71. The number of likely N-dealkylation sites (N-methyl/N-ethyl adjacent to an activating group) is 1. The van der Waals surface area contributed by atoms with Crippen LogP contribution < -0.4 is 5.32 Å². The molecule has 1 unspecified atom stereocenters. The average molecular weight is 582 g/mol. The molecule has 1 N–H and O–H groups in total. The molecule has 0 aliphatic carbocycles. The first-order valence-electron chi connectivity index (χ1n) is 13.7. The first-order valence-corrected chi connectivity index (χ1v) is 15.5. The summed E-state index contributed by atoms with van der Waals surface area (Å²) in [7, 11) is -3.49. The summed E-state index contributed by atoms with van der Waals surface area (Å²) < 4.78 is 27.2. The summed E-state index contributed by atoms with van der Waals surface area (Å²) in [5, 5.41) is 3.50. The first-order chi connectivity index (χ1) is 19.3. The Kier molecular flexibility index (Phi) is 10.4. The number of aryl methyl sites for hydroxylation is 1. The van der Waals surface area contributed by atoms with Crippen molar-refractivity contribution in [1.82, 2.24) is 14.5 Å². The fourth-order valence-corrected chi connectivity index (χ4v) is 6.58. The average Bonchev–Trinajstić information content (AvgIpc) is 3.52. The van der Waals surface area contributed by atoms with Crippen LogP contribution in [0.2, 0.25) is 5.02 Å². The van der Waals surface area contributed by atoms with E-state index in [0.29, 0.717) is 37.5 Å². The van der Waals surface area contributed by atoms with Gasteiger partial charge in [0, 0.05) is 44.0 Å². The Bertz CT molecular complexity index is 1370. The molecule has 1 aliphatic rings. The van der Waals surface area contributed by atoms with Crippen molar-refractivity contribution < 1.29 is 18.0 Å². The van der Waals surface area contributed by atoms with E-state index < -0.39 is 16.1 Å². The zero-order chi connectivity index (χ0) is 28.5. The molecule has 2 amide bonds. The number of sulfonamides is 1. The van der Waals surface area contributed by atoms with Gasteiger partial charge in [0.2, 0.25) is 21.8 Å². The van der Waals surface area contributed by atoms with E-state index in [1.54, 1.807) is 41.3 Å². The minimum atomic E-state index is -3.49. The summed E-state index contributed by atoms with van der Waals surface area (Å²) in [4.78, 5) is 28.9. The second-order valence-electron chi connectivity index (χ2n) is 10.0. The van der Waals surface area contributed by atoms with Crippen molar-refractivity contribution in [3.8, 4) is 0 Å². The molecule has 3 aromatic rings. The molecule has 4 rings (SSSR count). The predicted octanol–water partition coefficient (Wildman–Crippen LogP) is 4.83. The summed E-state index contributed by atoms with van der Waals surface area (Å²) in [5.41, 5.74) is 2.69. The summed E-state index contributed by atoms with van der Waals surface area (Å²) in [6.07, 6.45) is 2.75. The fourth-order valence-electron chi connectivity index (χ4n) is 4.93. The van der Waals surface area contributed by atoms with Crippen molar-refractivity contribution in [1.29, 1.82) is 0 Å². The molecule has 3 aromatic carbocycles. The monoisotopic (exact) mass is 581 g/mol. The molecule has 0 saturated carbocycles. The van der Waals surface area contributed by atoms with E-state index in [2.05, 4.69) is 5.32 Å². The molecule has 0 radical (unpaired) electrons. The van der Waals surface area contributed by atoms with Crippen molar-refractivity contribution >= 4 is 33.4 Å². The van der Waals surface area contributed by atoms with Crippen LogP contribution in [0.15, 0.2) is 83.8 Å². The van der Waals surface area contributed by atoms with Crippen molar-refractivity contribution in [2.45, 2.75) is 56.5 Å². The first kappa shape index (κ1) is 29.8. The number of hydrogen-bond acceptors (Lipinski definition) is 4. The third-order valence-electron chi connectivity index (χ3n) is 7.14. The Labute approximate surface area is 242 Å². The standard InChI is InChI=1S/C31H36ClN3O4S/c1-2-33-31(37)29(22-25-8-4-3-5-9-25)35(23-26-10-15-27(32)16-11-26)30(36)19-14-24-12-17-28(18-13-24)40(38,39)34-20-6-7-21-34/h3-5,8-13,15-18,29H,2,6-7,14,19-23H2,1H3,(H,33,37). The molecule has 1 atom stereocenters. The minimum Gasteiger partial charge on any atom is -0.355 e. The molecule has 212 valence electrons. The van der Waals surface area contributed by atoms with Gasteiger partial charge in [-0.05, 0) is 67.1 Å². The van der Waals surface area contributed by atoms with Gasteiger partial charge < -0.3 is 10.2 Å². The number of hydrogen-bond donors (Lipinski definition) is 1. The topological polar surface area (TPSA) is 86.8 Å². The van der Waals surface area contributed by atoms with Gasteiger partial charge in [-0.2, -0.15) is 4.31 Å². The molecule has 1 fully saturated rings. The molecule has 7 nitrogen and oxygen atoms in total. The van der Waals surface area contributed by atoms with Crippen LogP contribution in [-0.4, -0.2) is 55.1 Å². The van der Waals surface area contributed by atoms with Crippen LogP contribution in [0, 0.1) is 0 Å². The highest BCUT2D eigenvalue weighted by molar-refractivity contribution is 7.89. The minimum absolute atomic E-state index is 0.157. The Balaban J connectivity index is 1.53. The second kappa shape index (κ2) is 13.9. The van der Waals surface area contributed by atoms with Gasteiger partial charge in [-0.1, -0.05) is 66.2 Å². The number of nitrogens with one attached hydrogen (secondary N) is 1. The maximum atomic E-state index is 13.7.